The number of rotatable bonds is 4. The summed E-state index contributed by atoms with van der Waals surface area (Å²) >= 11 is 0. The number of aryl methyl sites for hydroxylation is 1. The van der Waals surface area contributed by atoms with Gasteiger partial charge in [-0.3, -0.25) is 0 Å². The van der Waals surface area contributed by atoms with Crippen LogP contribution in [0.1, 0.15) is 5.82 Å². The summed E-state index contributed by atoms with van der Waals surface area (Å²) < 4.78 is 3.73. The maximum Gasteiger partial charge on any atom is 0.127 e. The van der Waals surface area contributed by atoms with Crippen molar-refractivity contribution in [2.45, 2.75) is 6.54 Å². The highest BCUT2D eigenvalue weighted by molar-refractivity contribution is 5.60. The normalized spacial score (nSPS) is 10.6. The summed E-state index contributed by atoms with van der Waals surface area (Å²) in [5.41, 5.74) is 1.96. The molecule has 3 rings (SSSR count). The van der Waals surface area contributed by atoms with Crippen molar-refractivity contribution >= 4 is 5.69 Å². The molecule has 1 aromatic carbocycles. The zero-order valence-corrected chi connectivity index (χ0v) is 10.6. The summed E-state index contributed by atoms with van der Waals surface area (Å²) in [4.78, 5) is 4.29. The highest BCUT2D eigenvalue weighted by atomic mass is 15.4. The van der Waals surface area contributed by atoms with Gasteiger partial charge in [0.25, 0.3) is 0 Å². The summed E-state index contributed by atoms with van der Waals surface area (Å²) in [7, 11) is 1.98. The molecule has 0 aliphatic carbocycles. The Balaban J connectivity index is 1.84. The molecule has 2 heterocycles. The molecule has 0 fully saturated rings. The van der Waals surface area contributed by atoms with Crippen LogP contribution in [0.2, 0.25) is 0 Å². The zero-order chi connectivity index (χ0) is 13.1. The van der Waals surface area contributed by atoms with Crippen LogP contribution in [0.25, 0.3) is 5.69 Å². The molecule has 0 amide bonds. The van der Waals surface area contributed by atoms with Crippen molar-refractivity contribution in [3.63, 3.8) is 0 Å². The maximum absolute atomic E-state index is 4.29. The van der Waals surface area contributed by atoms with Crippen molar-refractivity contribution in [2.75, 3.05) is 5.32 Å². The van der Waals surface area contributed by atoms with E-state index in [-0.39, 0.29) is 0 Å². The molecule has 1 N–H and O–H groups in total. The Labute approximate surface area is 110 Å². The minimum absolute atomic E-state index is 0.662. The molecule has 0 atom stereocenters. The van der Waals surface area contributed by atoms with Crippen LogP contribution in [0.5, 0.6) is 0 Å². The molecule has 19 heavy (non-hydrogen) atoms. The summed E-state index contributed by atoms with van der Waals surface area (Å²) in [6.45, 7) is 0.662. The lowest BCUT2D eigenvalue weighted by molar-refractivity contribution is 0.795. The lowest BCUT2D eigenvalue weighted by Gasteiger charge is -2.11. The number of nitrogens with one attached hydrogen (secondary N) is 1. The fraction of sp³-hybridized carbons (Fsp3) is 0.154. The molecule has 6 heteroatoms. The summed E-state index contributed by atoms with van der Waals surface area (Å²) in [6, 6.07) is 7.97. The predicted octanol–water partition coefficient (Wildman–Crippen LogP) is 1.61. The van der Waals surface area contributed by atoms with Gasteiger partial charge in [-0.15, -0.1) is 5.10 Å². The molecule has 0 saturated carbocycles. The number of para-hydroxylation sites is 2. The molecule has 0 spiro atoms. The van der Waals surface area contributed by atoms with Crippen molar-refractivity contribution in [1.82, 2.24) is 24.5 Å². The van der Waals surface area contributed by atoms with Gasteiger partial charge < -0.3 is 9.88 Å². The van der Waals surface area contributed by atoms with Gasteiger partial charge in [-0.25, -0.2) is 9.67 Å². The molecule has 3 aromatic rings. The van der Waals surface area contributed by atoms with Crippen LogP contribution < -0.4 is 5.32 Å². The number of anilines is 1. The Hall–Kier alpha value is -2.63. The second-order valence-electron chi connectivity index (χ2n) is 4.17. The van der Waals surface area contributed by atoms with Gasteiger partial charge in [0.2, 0.25) is 0 Å². The second-order valence-corrected chi connectivity index (χ2v) is 4.17. The van der Waals surface area contributed by atoms with Crippen LogP contribution in [0, 0.1) is 0 Å². The van der Waals surface area contributed by atoms with Gasteiger partial charge in [-0.05, 0) is 12.1 Å². The molecule has 2 aromatic heterocycles. The van der Waals surface area contributed by atoms with E-state index in [1.807, 2.05) is 48.3 Å². The smallest absolute Gasteiger partial charge is 0.127 e. The quantitative estimate of drug-likeness (QED) is 0.768. The van der Waals surface area contributed by atoms with E-state index in [2.05, 4.69) is 20.6 Å². The minimum atomic E-state index is 0.662. The van der Waals surface area contributed by atoms with Gasteiger partial charge in [0.15, 0.2) is 0 Å². The Morgan fingerprint density at radius 2 is 2.05 bits per heavy atom. The van der Waals surface area contributed by atoms with Crippen molar-refractivity contribution in [3.8, 4) is 5.69 Å². The molecular formula is C13H14N6. The van der Waals surface area contributed by atoms with Gasteiger partial charge in [-0.1, -0.05) is 17.3 Å². The Morgan fingerprint density at radius 3 is 2.79 bits per heavy atom. The van der Waals surface area contributed by atoms with Crippen LogP contribution in [0.4, 0.5) is 5.69 Å². The zero-order valence-electron chi connectivity index (χ0n) is 10.6. The van der Waals surface area contributed by atoms with Gasteiger partial charge in [0.05, 0.1) is 30.3 Å². The first-order chi connectivity index (χ1) is 9.34. The predicted molar refractivity (Wildman–Crippen MR) is 71.9 cm³/mol. The van der Waals surface area contributed by atoms with Crippen molar-refractivity contribution in [1.29, 1.82) is 0 Å². The van der Waals surface area contributed by atoms with Crippen LogP contribution in [0.3, 0.4) is 0 Å². The first kappa shape index (κ1) is 11.5. The first-order valence-electron chi connectivity index (χ1n) is 6.00. The molecule has 0 radical (unpaired) electrons. The molecule has 0 unspecified atom stereocenters. The Kier molecular flexibility index (Phi) is 2.97. The number of imidazole rings is 1. The number of hydrogen-bond donors (Lipinski definition) is 1. The summed E-state index contributed by atoms with van der Waals surface area (Å²) in [5, 5.41) is 11.2. The van der Waals surface area contributed by atoms with Crippen molar-refractivity contribution in [2.24, 2.45) is 7.05 Å². The Morgan fingerprint density at radius 1 is 1.16 bits per heavy atom. The molecular weight excluding hydrogens is 240 g/mol. The average molecular weight is 254 g/mol. The molecule has 0 saturated heterocycles. The SMILES string of the molecule is Cn1ccnc1CNc1ccccc1-n1ccnn1. The molecule has 0 bridgehead atoms. The summed E-state index contributed by atoms with van der Waals surface area (Å²) in [6.07, 6.45) is 7.21. The maximum atomic E-state index is 4.29. The lowest BCUT2D eigenvalue weighted by atomic mass is 10.2. The highest BCUT2D eigenvalue weighted by Gasteiger charge is 2.05. The number of aromatic nitrogens is 5. The van der Waals surface area contributed by atoms with Crippen LogP contribution >= 0.6 is 0 Å². The fourth-order valence-electron chi connectivity index (χ4n) is 1.90. The standard InChI is InChI=1S/C13H14N6/c1-18-8-6-14-13(18)10-15-11-4-2-3-5-12(11)19-9-7-16-17-19/h2-9,15H,10H2,1H3. The molecule has 96 valence electrons. The van der Waals surface area contributed by atoms with Crippen LogP contribution in [-0.4, -0.2) is 24.5 Å². The van der Waals surface area contributed by atoms with Gasteiger partial charge >= 0.3 is 0 Å². The van der Waals surface area contributed by atoms with E-state index in [0.29, 0.717) is 6.54 Å². The second kappa shape index (κ2) is 4.93. The van der Waals surface area contributed by atoms with E-state index in [1.54, 1.807) is 17.1 Å². The summed E-state index contributed by atoms with van der Waals surface area (Å²) in [5.74, 6) is 0.980. The monoisotopic (exact) mass is 254 g/mol. The highest BCUT2D eigenvalue weighted by Crippen LogP contribution is 2.19. The third-order valence-corrected chi connectivity index (χ3v) is 2.93. The van der Waals surface area contributed by atoms with Gasteiger partial charge in [0.1, 0.15) is 5.82 Å². The average Bonchev–Trinajstić information content (AvgIpc) is 3.08. The topological polar surface area (TPSA) is 60.6 Å². The van der Waals surface area contributed by atoms with Gasteiger partial charge in [-0.2, -0.15) is 0 Å². The molecule has 0 aliphatic heterocycles. The number of hydrogen-bond acceptors (Lipinski definition) is 4. The molecule has 0 aliphatic rings. The largest absolute Gasteiger partial charge is 0.376 e. The van der Waals surface area contributed by atoms with Crippen molar-refractivity contribution in [3.05, 3.63) is 54.9 Å². The number of benzene rings is 1. The van der Waals surface area contributed by atoms with E-state index in [0.717, 1.165) is 17.2 Å². The van der Waals surface area contributed by atoms with E-state index < -0.39 is 0 Å². The minimum Gasteiger partial charge on any atom is -0.376 e. The molecule has 6 nitrogen and oxygen atoms in total. The number of nitrogens with zero attached hydrogens (tertiary/aromatic N) is 5. The van der Waals surface area contributed by atoms with Crippen molar-refractivity contribution < 1.29 is 0 Å². The van der Waals surface area contributed by atoms with Gasteiger partial charge in [0, 0.05) is 19.4 Å². The third kappa shape index (κ3) is 2.33. The lowest BCUT2D eigenvalue weighted by Crippen LogP contribution is -2.08. The third-order valence-electron chi connectivity index (χ3n) is 2.93. The first-order valence-corrected chi connectivity index (χ1v) is 6.00. The van der Waals surface area contributed by atoms with E-state index in [1.165, 1.54) is 0 Å². The fourth-order valence-corrected chi connectivity index (χ4v) is 1.90. The Bertz CT molecular complexity index is 655. The van der Waals surface area contributed by atoms with Crippen LogP contribution in [0.15, 0.2) is 49.1 Å². The van der Waals surface area contributed by atoms with E-state index in [4.69, 9.17) is 0 Å². The van der Waals surface area contributed by atoms with E-state index in [9.17, 15) is 0 Å². The van der Waals surface area contributed by atoms with Crippen LogP contribution in [-0.2, 0) is 13.6 Å². The van der Waals surface area contributed by atoms with E-state index >= 15 is 0 Å².